The number of thioether (sulfide) groups is 1. The van der Waals surface area contributed by atoms with E-state index in [0.29, 0.717) is 70.6 Å². The summed E-state index contributed by atoms with van der Waals surface area (Å²) in [5.41, 5.74) is 14.4. The number of carbonyl (C=O) groups is 17. The SMILES string of the molecule is CCCC[C@H]1C(=O)N(C)[C@@H](CCCC)C(=O)N[C@@H](CC(C)C)C(=O)N[C@H](C(=O)NCC(N)=O)CSCC(=O)N[C@@H](Cc2ccc(O)cc2)C(=O)N(C)[C@@H](C)C(=O)N[C@@H](CC(=O)O)C(=O)N2CCC[C@H]2C(=O)N[C@@H](CCCN)C(=O)N[C@@H](CC(C)C)C(=O)N2CCC[C@H]2C(=O)C[C@@H](Cc2c[nH]c3ccccc23)C(=O)N[C@@H](CO)C(=O)N[C@@H](Cc2c[nH]c3ccccc23)C(=O)N1C. The van der Waals surface area contributed by atoms with Crippen LogP contribution in [-0.2, 0) is 101 Å². The quantitative estimate of drug-likeness (QED) is 0.0392. The van der Waals surface area contributed by atoms with Crippen LogP contribution in [0.4, 0.5) is 0 Å². The lowest BCUT2D eigenvalue weighted by Gasteiger charge is -2.36. The lowest BCUT2D eigenvalue weighted by atomic mass is 9.90. The number of hydrogen-bond donors (Lipinski definition) is 16. The van der Waals surface area contributed by atoms with Gasteiger partial charge in [-0.25, -0.2) is 0 Å². The molecule has 3 aliphatic rings. The van der Waals surface area contributed by atoms with Crippen LogP contribution < -0.4 is 59.3 Å². The molecule has 0 radical (unpaired) electrons. The molecule has 3 fully saturated rings. The van der Waals surface area contributed by atoms with Gasteiger partial charge in [-0.05, 0) is 137 Å². The van der Waals surface area contributed by atoms with Gasteiger partial charge in [0.05, 0.1) is 31.4 Å². The molecular formula is C91H130N18O20S. The highest BCUT2D eigenvalue weighted by atomic mass is 32.2. The van der Waals surface area contributed by atoms with E-state index in [1.165, 1.54) is 67.0 Å². The number of benzene rings is 3. The molecule has 15 amide bonds. The summed E-state index contributed by atoms with van der Waals surface area (Å²) in [6.07, 6.45) is 3.85. The standard InChI is InChI=1S/C91H130N18O20S/c1-11-13-27-72-85(123)99-64(38-51(3)4)83(121)104-70(81(119)96-47-76(93)113)49-130-50-77(114)97-66(40-54-31-33-58(111)34-32-54)87(125)105(8)53(7)79(117)100-68(44-78(115)116)90(128)109-37-21-30-73(109)86(124)98-63(26-19-35-92)82(120)101-65(39-52(5)6)89(127)108-36-20-29-71(108)75(112)43-55(41-56-45-94-61-24-17-15-22-59(56)61)80(118)103-69(48-110)84(122)102-67(42-57-46-95-62-25-18-16-23-60(57)62)88(126)107(10)74(28-14-12-2)91(129)106(72)9/h15-18,22-25,31-34,45-46,51-53,55,63-74,94-95,110-111H,11-14,19-21,26-30,35-44,47-50,92H2,1-10H3,(H2,93,113)(H,96,119)(H,97,114)(H,98,124)(H,99,123)(H,100,117)(H,101,120)(H,102,122)(H,103,118)(H,104,121)(H,115,116)/t53-,55+,63-,64-,65-,66-,67-,68-,69-,70-,71-,72-,73-,74-/m0/s1. The van der Waals surface area contributed by atoms with Crippen molar-refractivity contribution in [2.24, 2.45) is 29.2 Å². The number of nitrogens with two attached hydrogens (primary N) is 2. The van der Waals surface area contributed by atoms with Gasteiger partial charge in [-0.3, -0.25) is 81.5 Å². The number of unbranched alkanes of at least 4 members (excludes halogenated alkanes) is 2. The number of phenolic OH excluding ortho intramolecular Hbond substituents is 1. The number of phenols is 1. The summed E-state index contributed by atoms with van der Waals surface area (Å²) < 4.78 is 0. The first kappa shape index (κ1) is 103. The number of aliphatic carboxylic acids is 1. The second-order valence-corrected chi connectivity index (χ2v) is 35.8. The highest BCUT2D eigenvalue weighted by Gasteiger charge is 2.46. The Morgan fingerprint density at radius 3 is 1.63 bits per heavy atom. The number of aliphatic hydroxyl groups is 1. The molecule has 710 valence electrons. The van der Waals surface area contributed by atoms with Crippen LogP contribution in [0.15, 0.2) is 85.2 Å². The van der Waals surface area contributed by atoms with Crippen LogP contribution in [0.5, 0.6) is 5.75 Å². The summed E-state index contributed by atoms with van der Waals surface area (Å²) in [5.74, 6) is -18.1. The highest BCUT2D eigenvalue weighted by molar-refractivity contribution is 8.00. The number of para-hydroxylation sites is 2. The minimum Gasteiger partial charge on any atom is -0.508 e. The van der Waals surface area contributed by atoms with E-state index in [2.05, 4.69) is 57.8 Å². The van der Waals surface area contributed by atoms with E-state index >= 15 is 33.6 Å². The molecule has 3 saturated heterocycles. The largest absolute Gasteiger partial charge is 0.508 e. The topological polar surface area (TPSA) is 559 Å². The van der Waals surface area contributed by atoms with Crippen LogP contribution in [0.25, 0.3) is 21.8 Å². The van der Waals surface area contributed by atoms with E-state index in [9.17, 15) is 63.3 Å². The molecule has 0 bridgehead atoms. The Labute approximate surface area is 760 Å². The molecule has 2 aromatic heterocycles. The summed E-state index contributed by atoms with van der Waals surface area (Å²) >= 11 is 0.796. The summed E-state index contributed by atoms with van der Waals surface area (Å²) in [7, 11) is 3.99. The second kappa shape index (κ2) is 49.7. The molecule has 38 nitrogen and oxygen atoms in total. The summed E-state index contributed by atoms with van der Waals surface area (Å²) in [6, 6.07) is 1.01. The van der Waals surface area contributed by atoms with Gasteiger partial charge in [-0.15, -0.1) is 11.8 Å². The summed E-state index contributed by atoms with van der Waals surface area (Å²) in [6.45, 7) is 10.4. The van der Waals surface area contributed by atoms with Crippen molar-refractivity contribution in [2.75, 3.05) is 65.4 Å². The van der Waals surface area contributed by atoms with Gasteiger partial charge in [0.1, 0.15) is 78.3 Å². The summed E-state index contributed by atoms with van der Waals surface area (Å²) in [5, 5.41) is 57.0. The van der Waals surface area contributed by atoms with E-state index in [0.717, 1.165) is 21.6 Å². The third kappa shape index (κ3) is 28.7. The van der Waals surface area contributed by atoms with E-state index in [1.807, 2.05) is 39.8 Å². The Hall–Kier alpha value is -12.0. The molecule has 130 heavy (non-hydrogen) atoms. The van der Waals surface area contributed by atoms with Gasteiger partial charge in [0.25, 0.3) is 0 Å². The fraction of sp³-hybridized carbons (Fsp3) is 0.571. The number of amides is 15. The number of rotatable bonds is 25. The molecule has 5 aromatic rings. The Morgan fingerprint density at radius 1 is 0.531 bits per heavy atom. The molecular weight excluding hydrogens is 1700 g/mol. The number of carbonyl (C=O) groups excluding carboxylic acids is 16. The lowest BCUT2D eigenvalue weighted by Crippen LogP contribution is -2.61. The molecule has 3 aliphatic heterocycles. The molecule has 5 heterocycles. The van der Waals surface area contributed by atoms with Crippen molar-refractivity contribution >= 4 is 134 Å². The number of likely N-dealkylation sites (N-methyl/N-ethyl adjacent to an activating group) is 3. The second-order valence-electron chi connectivity index (χ2n) is 34.8. The number of aromatic hydroxyl groups is 1. The number of aromatic nitrogens is 2. The minimum absolute atomic E-state index is 0.0105. The van der Waals surface area contributed by atoms with Crippen molar-refractivity contribution in [3.63, 3.8) is 0 Å². The lowest BCUT2D eigenvalue weighted by molar-refractivity contribution is -0.149. The number of primary amides is 1. The van der Waals surface area contributed by atoms with Crippen LogP contribution in [0, 0.1) is 17.8 Å². The fourth-order valence-corrected chi connectivity index (χ4v) is 17.6. The van der Waals surface area contributed by atoms with Gasteiger partial charge in [0.2, 0.25) is 88.6 Å². The number of nitrogens with zero attached hydrogens (tertiary/aromatic N) is 5. The molecule has 0 unspecified atom stereocenters. The van der Waals surface area contributed by atoms with Gasteiger partial charge in [0, 0.05) is 99.4 Å². The monoisotopic (exact) mass is 1830 g/mol. The van der Waals surface area contributed by atoms with Crippen molar-refractivity contribution in [3.8, 4) is 5.75 Å². The molecule has 0 saturated carbocycles. The number of aromatic amines is 2. The Kier molecular flexibility index (Phi) is 39.5. The van der Waals surface area contributed by atoms with Crippen molar-refractivity contribution in [2.45, 2.75) is 249 Å². The molecule has 0 aliphatic carbocycles. The fourth-order valence-electron chi connectivity index (χ4n) is 16.7. The van der Waals surface area contributed by atoms with E-state index in [-0.39, 0.29) is 114 Å². The number of ketones is 1. The first-order chi connectivity index (χ1) is 61.9. The average Bonchev–Trinajstić information content (AvgIpc) is 1.11. The van der Waals surface area contributed by atoms with Crippen LogP contribution in [0.3, 0.4) is 0 Å². The van der Waals surface area contributed by atoms with Crippen molar-refractivity contribution in [3.05, 3.63) is 102 Å². The zero-order chi connectivity index (χ0) is 95.3. The molecule has 3 aromatic carbocycles. The number of carboxylic acids is 1. The predicted octanol–water partition coefficient (Wildman–Crippen LogP) is 1.35. The first-order valence-electron chi connectivity index (χ1n) is 44.8. The maximum Gasteiger partial charge on any atom is 0.305 e. The molecule has 14 atom stereocenters. The Morgan fingerprint density at radius 2 is 1.04 bits per heavy atom. The number of nitrogens with one attached hydrogen (secondary N) is 11. The van der Waals surface area contributed by atoms with Gasteiger partial charge in [-0.2, -0.15) is 0 Å². The number of aliphatic hydroxyl groups excluding tert-OH is 1. The zero-order valence-corrected chi connectivity index (χ0v) is 76.6. The smallest absolute Gasteiger partial charge is 0.305 e. The normalized spacial score (nSPS) is 24.9. The Bertz CT molecular complexity index is 4830. The number of carboxylic acid groups (broad SMARTS) is 1. The van der Waals surface area contributed by atoms with Crippen LogP contribution in [-0.4, -0.2) is 294 Å². The van der Waals surface area contributed by atoms with E-state index in [1.54, 1.807) is 62.6 Å². The van der Waals surface area contributed by atoms with Crippen LogP contribution in [0.1, 0.15) is 168 Å². The van der Waals surface area contributed by atoms with Crippen molar-refractivity contribution in [1.29, 1.82) is 0 Å². The molecule has 39 heteroatoms. The van der Waals surface area contributed by atoms with Gasteiger partial charge >= 0.3 is 5.97 Å². The van der Waals surface area contributed by atoms with Crippen LogP contribution in [0.2, 0.25) is 0 Å². The number of fused-ring (bicyclic) bond motifs is 4. The average molecular weight is 1830 g/mol. The van der Waals surface area contributed by atoms with Gasteiger partial charge < -0.3 is 109 Å². The third-order valence-electron chi connectivity index (χ3n) is 24.0. The van der Waals surface area contributed by atoms with Gasteiger partial charge in [0.15, 0.2) is 5.78 Å². The molecule has 0 spiro atoms. The van der Waals surface area contributed by atoms with Crippen LogP contribution >= 0.6 is 11.8 Å². The zero-order valence-electron chi connectivity index (χ0n) is 75.8. The molecule has 18 N–H and O–H groups in total. The Balaban J connectivity index is 1.18. The van der Waals surface area contributed by atoms with E-state index < -0.39 is 222 Å². The number of hydrogen-bond acceptors (Lipinski definition) is 21. The van der Waals surface area contributed by atoms with Gasteiger partial charge in [-0.1, -0.05) is 116 Å². The van der Waals surface area contributed by atoms with E-state index in [4.69, 9.17) is 11.5 Å². The minimum atomic E-state index is -1.86. The number of Topliss-reactive ketones (excluding diaryl/α,β-unsaturated/α-hetero) is 1. The first-order valence-corrected chi connectivity index (χ1v) is 45.9. The predicted molar refractivity (Wildman–Crippen MR) is 484 cm³/mol. The maximum absolute atomic E-state index is 15.7. The maximum atomic E-state index is 15.7. The highest BCUT2D eigenvalue weighted by Crippen LogP contribution is 2.30. The van der Waals surface area contributed by atoms with Crippen molar-refractivity contribution in [1.82, 2.24) is 82.3 Å². The van der Waals surface area contributed by atoms with Crippen molar-refractivity contribution < 1.29 is 96.8 Å². The third-order valence-corrected chi connectivity index (χ3v) is 25.0. The summed E-state index contributed by atoms with van der Waals surface area (Å²) in [4.78, 5) is 261. The molecule has 8 rings (SSSR count). The number of H-pyrrole nitrogens is 2.